The SMILES string of the molecule is Cc1sc(NC(=O)CSc2nnnn2Cc2ccccc2)c(C#N)c1C. The summed E-state index contributed by atoms with van der Waals surface area (Å²) in [5.41, 5.74) is 2.52. The molecule has 1 N–H and O–H groups in total. The Bertz CT molecular complexity index is 958. The maximum Gasteiger partial charge on any atom is 0.235 e. The van der Waals surface area contributed by atoms with Gasteiger partial charge in [0.25, 0.3) is 0 Å². The molecule has 3 rings (SSSR count). The van der Waals surface area contributed by atoms with Crippen LogP contribution in [0.25, 0.3) is 0 Å². The van der Waals surface area contributed by atoms with E-state index in [0.717, 1.165) is 16.0 Å². The predicted octanol–water partition coefficient (Wildman–Crippen LogP) is 3.00. The van der Waals surface area contributed by atoms with E-state index in [0.29, 0.717) is 22.3 Å². The Morgan fingerprint density at radius 3 is 2.85 bits per heavy atom. The van der Waals surface area contributed by atoms with E-state index in [1.807, 2.05) is 44.2 Å². The fourth-order valence-electron chi connectivity index (χ4n) is 2.30. The molecule has 9 heteroatoms. The molecular formula is C17H16N6OS2. The number of amides is 1. The molecule has 132 valence electrons. The number of benzene rings is 1. The van der Waals surface area contributed by atoms with Gasteiger partial charge in [-0.1, -0.05) is 42.1 Å². The molecule has 0 saturated carbocycles. The van der Waals surface area contributed by atoms with Gasteiger partial charge in [-0.2, -0.15) is 5.26 Å². The molecule has 0 spiro atoms. The number of hydrogen-bond acceptors (Lipinski definition) is 7. The third kappa shape index (κ3) is 4.09. The van der Waals surface area contributed by atoms with Crippen LogP contribution in [0.3, 0.4) is 0 Å². The highest BCUT2D eigenvalue weighted by atomic mass is 32.2. The van der Waals surface area contributed by atoms with Gasteiger partial charge in [0.15, 0.2) is 0 Å². The summed E-state index contributed by atoms with van der Waals surface area (Å²) < 4.78 is 1.66. The molecule has 3 aromatic rings. The zero-order chi connectivity index (χ0) is 18.5. The van der Waals surface area contributed by atoms with Crippen LogP contribution in [-0.4, -0.2) is 31.9 Å². The van der Waals surface area contributed by atoms with Crippen LogP contribution in [0.5, 0.6) is 0 Å². The lowest BCUT2D eigenvalue weighted by atomic mass is 10.2. The number of tetrazole rings is 1. The number of rotatable bonds is 6. The summed E-state index contributed by atoms with van der Waals surface area (Å²) in [7, 11) is 0. The van der Waals surface area contributed by atoms with Crippen LogP contribution in [0.15, 0.2) is 35.5 Å². The Morgan fingerprint density at radius 1 is 1.35 bits per heavy atom. The number of anilines is 1. The molecular weight excluding hydrogens is 368 g/mol. The summed E-state index contributed by atoms with van der Waals surface area (Å²) in [5.74, 6) is -0.0299. The topological polar surface area (TPSA) is 96.5 Å². The zero-order valence-electron chi connectivity index (χ0n) is 14.3. The minimum Gasteiger partial charge on any atom is -0.316 e. The van der Waals surface area contributed by atoms with Gasteiger partial charge in [-0.05, 0) is 35.4 Å². The zero-order valence-corrected chi connectivity index (χ0v) is 15.9. The van der Waals surface area contributed by atoms with E-state index < -0.39 is 0 Å². The van der Waals surface area contributed by atoms with Gasteiger partial charge in [0, 0.05) is 4.88 Å². The van der Waals surface area contributed by atoms with Crippen molar-refractivity contribution in [2.75, 3.05) is 11.1 Å². The molecule has 1 aromatic carbocycles. The van der Waals surface area contributed by atoms with Crippen LogP contribution in [0.1, 0.15) is 21.6 Å². The monoisotopic (exact) mass is 384 g/mol. The second-order valence-corrected chi connectivity index (χ2v) is 7.71. The normalized spacial score (nSPS) is 10.5. The molecule has 0 aliphatic rings. The number of nitrogens with zero attached hydrogens (tertiary/aromatic N) is 5. The van der Waals surface area contributed by atoms with Crippen molar-refractivity contribution in [2.45, 2.75) is 25.5 Å². The first kappa shape index (κ1) is 18.1. The summed E-state index contributed by atoms with van der Waals surface area (Å²) in [6.07, 6.45) is 0. The van der Waals surface area contributed by atoms with Gasteiger partial charge in [0.2, 0.25) is 11.1 Å². The largest absolute Gasteiger partial charge is 0.316 e. The second kappa shape index (κ2) is 8.12. The fraction of sp³-hybridized carbons (Fsp3) is 0.235. The summed E-state index contributed by atoms with van der Waals surface area (Å²) in [4.78, 5) is 13.3. The van der Waals surface area contributed by atoms with E-state index in [2.05, 4.69) is 26.9 Å². The summed E-state index contributed by atoms with van der Waals surface area (Å²) >= 11 is 2.67. The summed E-state index contributed by atoms with van der Waals surface area (Å²) in [6, 6.07) is 12.0. The first-order valence-electron chi connectivity index (χ1n) is 7.81. The number of hydrogen-bond donors (Lipinski definition) is 1. The molecule has 0 fully saturated rings. The van der Waals surface area contributed by atoms with Crippen LogP contribution in [-0.2, 0) is 11.3 Å². The van der Waals surface area contributed by atoms with Gasteiger partial charge >= 0.3 is 0 Å². The summed E-state index contributed by atoms with van der Waals surface area (Å²) in [6.45, 7) is 4.36. The van der Waals surface area contributed by atoms with E-state index in [1.54, 1.807) is 4.68 Å². The molecule has 0 aliphatic heterocycles. The van der Waals surface area contributed by atoms with E-state index in [1.165, 1.54) is 23.1 Å². The Morgan fingerprint density at radius 2 is 2.12 bits per heavy atom. The van der Waals surface area contributed by atoms with Crippen LogP contribution < -0.4 is 5.32 Å². The van der Waals surface area contributed by atoms with E-state index in [-0.39, 0.29) is 11.7 Å². The summed E-state index contributed by atoms with van der Waals surface area (Å²) in [5, 5.41) is 24.9. The van der Waals surface area contributed by atoms with Crippen molar-refractivity contribution in [1.82, 2.24) is 20.2 Å². The fourth-order valence-corrected chi connectivity index (χ4v) is 4.00. The Kier molecular flexibility index (Phi) is 5.65. The highest BCUT2D eigenvalue weighted by Crippen LogP contribution is 2.31. The number of carbonyl (C=O) groups is 1. The third-order valence-corrected chi connectivity index (χ3v) is 5.84. The van der Waals surface area contributed by atoms with E-state index >= 15 is 0 Å². The Labute approximate surface area is 159 Å². The van der Waals surface area contributed by atoms with Crippen LogP contribution >= 0.6 is 23.1 Å². The van der Waals surface area contributed by atoms with Gasteiger partial charge in [0.05, 0.1) is 17.9 Å². The van der Waals surface area contributed by atoms with Gasteiger partial charge < -0.3 is 5.32 Å². The number of nitrogens with one attached hydrogen (secondary N) is 1. The van der Waals surface area contributed by atoms with Crippen molar-refractivity contribution in [3.05, 3.63) is 51.9 Å². The Hall–Kier alpha value is -2.70. The molecule has 0 atom stereocenters. The van der Waals surface area contributed by atoms with Gasteiger partial charge in [-0.15, -0.1) is 16.4 Å². The number of thioether (sulfide) groups is 1. The molecule has 2 aromatic heterocycles. The first-order chi connectivity index (χ1) is 12.6. The molecule has 0 aliphatic carbocycles. The standard InChI is InChI=1S/C17H16N6OS2/c1-11-12(2)26-16(14(11)8-18)19-15(24)10-25-17-20-21-22-23(17)9-13-6-4-3-5-7-13/h3-7H,9-10H2,1-2H3,(H,19,24). The van der Waals surface area contributed by atoms with Gasteiger partial charge in [-0.25, -0.2) is 4.68 Å². The molecule has 26 heavy (non-hydrogen) atoms. The number of aryl methyl sites for hydroxylation is 1. The molecule has 1 amide bonds. The molecule has 0 bridgehead atoms. The molecule has 0 saturated heterocycles. The molecule has 0 unspecified atom stereocenters. The van der Waals surface area contributed by atoms with Crippen LogP contribution in [0, 0.1) is 25.2 Å². The molecule has 7 nitrogen and oxygen atoms in total. The minimum absolute atomic E-state index is 0.163. The number of carbonyl (C=O) groups excluding carboxylic acids is 1. The average molecular weight is 384 g/mol. The van der Waals surface area contributed by atoms with Crippen molar-refractivity contribution in [3.8, 4) is 6.07 Å². The predicted molar refractivity (Wildman–Crippen MR) is 101 cm³/mol. The highest BCUT2D eigenvalue weighted by Gasteiger charge is 2.16. The molecule has 0 radical (unpaired) electrons. The highest BCUT2D eigenvalue weighted by molar-refractivity contribution is 7.99. The van der Waals surface area contributed by atoms with Gasteiger partial charge in [-0.3, -0.25) is 4.79 Å². The van der Waals surface area contributed by atoms with Crippen LogP contribution in [0.4, 0.5) is 5.00 Å². The van der Waals surface area contributed by atoms with Crippen molar-refractivity contribution in [3.63, 3.8) is 0 Å². The van der Waals surface area contributed by atoms with Gasteiger partial charge in [0.1, 0.15) is 11.1 Å². The number of nitriles is 1. The quantitative estimate of drug-likeness (QED) is 0.656. The Balaban J connectivity index is 1.62. The molecule has 2 heterocycles. The third-order valence-electron chi connectivity index (χ3n) is 3.76. The van der Waals surface area contributed by atoms with Crippen molar-refractivity contribution in [1.29, 1.82) is 5.26 Å². The first-order valence-corrected chi connectivity index (χ1v) is 9.61. The minimum atomic E-state index is -0.193. The maximum absolute atomic E-state index is 12.3. The van der Waals surface area contributed by atoms with Crippen molar-refractivity contribution < 1.29 is 4.79 Å². The van der Waals surface area contributed by atoms with Crippen LogP contribution in [0.2, 0.25) is 0 Å². The van der Waals surface area contributed by atoms with E-state index in [4.69, 9.17) is 0 Å². The lowest BCUT2D eigenvalue weighted by Crippen LogP contribution is -2.14. The number of aromatic nitrogens is 4. The lowest BCUT2D eigenvalue weighted by molar-refractivity contribution is -0.113. The lowest BCUT2D eigenvalue weighted by Gasteiger charge is -2.05. The van der Waals surface area contributed by atoms with E-state index in [9.17, 15) is 10.1 Å². The number of thiophene rings is 1. The second-order valence-electron chi connectivity index (χ2n) is 5.54. The van der Waals surface area contributed by atoms with Crippen molar-refractivity contribution >= 4 is 34.0 Å². The average Bonchev–Trinajstić information content (AvgIpc) is 3.18. The van der Waals surface area contributed by atoms with Crippen molar-refractivity contribution in [2.24, 2.45) is 0 Å². The smallest absolute Gasteiger partial charge is 0.235 e. The maximum atomic E-state index is 12.3.